The maximum atomic E-state index is 4.90. The van der Waals surface area contributed by atoms with Crippen LogP contribution in [0.25, 0.3) is 21.1 Å². The van der Waals surface area contributed by atoms with Gasteiger partial charge < -0.3 is 4.90 Å². The summed E-state index contributed by atoms with van der Waals surface area (Å²) < 4.78 is 3.21. The number of aromatic nitrogens is 6. The van der Waals surface area contributed by atoms with Gasteiger partial charge in [-0.25, -0.2) is 9.67 Å². The molecule has 1 unspecified atom stereocenters. The van der Waals surface area contributed by atoms with E-state index in [2.05, 4.69) is 103 Å². The Balaban J connectivity index is 1.18. The van der Waals surface area contributed by atoms with Crippen LogP contribution < -0.4 is 4.90 Å². The molecular formula is C30H28N8S. The predicted octanol–water partition coefficient (Wildman–Crippen LogP) is 4.99. The second-order valence-electron chi connectivity index (χ2n) is 9.84. The zero-order valence-electron chi connectivity index (χ0n) is 21.5. The molecule has 1 aliphatic heterocycles. The Hall–Kier alpha value is -4.21. The number of benzene rings is 3. The topological polar surface area (TPSA) is 75.9 Å². The van der Waals surface area contributed by atoms with Gasteiger partial charge in [0.15, 0.2) is 11.0 Å². The summed E-state index contributed by atoms with van der Waals surface area (Å²) in [6, 6.07) is 29.4. The van der Waals surface area contributed by atoms with Gasteiger partial charge in [0.05, 0.1) is 21.8 Å². The lowest BCUT2D eigenvalue weighted by Crippen LogP contribution is -2.48. The van der Waals surface area contributed by atoms with E-state index in [0.717, 1.165) is 66.5 Å². The largest absolute Gasteiger partial charge is 0.345 e. The first-order valence-electron chi connectivity index (χ1n) is 13.3. The summed E-state index contributed by atoms with van der Waals surface area (Å²) in [7, 11) is 0. The number of rotatable bonds is 7. The molecule has 1 aliphatic rings. The van der Waals surface area contributed by atoms with Crippen LogP contribution in [0.15, 0.2) is 91.1 Å². The second kappa shape index (κ2) is 10.5. The molecule has 7 rings (SSSR count). The Bertz CT molecular complexity index is 1670. The van der Waals surface area contributed by atoms with Gasteiger partial charge in [-0.05, 0) is 58.3 Å². The molecule has 9 heteroatoms. The standard InChI is InChI=1S/C30H28N8S/c1-2-7-22(8-3-1)14-16-38-29(33-34-35-38)28(24-12-13-25-23(21-24)9-6-15-31-25)36-17-19-37(20-18-36)30-32-26-10-4-5-11-27(26)39-30/h1-13,15,21,28H,14,16-20H2. The van der Waals surface area contributed by atoms with Gasteiger partial charge in [0, 0.05) is 44.3 Å². The summed E-state index contributed by atoms with van der Waals surface area (Å²) in [5, 5.41) is 15.4. The first-order valence-corrected chi connectivity index (χ1v) is 14.1. The van der Waals surface area contributed by atoms with E-state index in [0.29, 0.717) is 0 Å². The highest BCUT2D eigenvalue weighted by Crippen LogP contribution is 2.33. The zero-order valence-corrected chi connectivity index (χ0v) is 22.3. The Morgan fingerprint density at radius 2 is 1.67 bits per heavy atom. The van der Waals surface area contributed by atoms with Crippen molar-refractivity contribution in [3.63, 3.8) is 0 Å². The van der Waals surface area contributed by atoms with E-state index in [1.54, 1.807) is 11.3 Å². The Kier molecular flexibility index (Phi) is 6.43. The van der Waals surface area contributed by atoms with Gasteiger partial charge in [-0.1, -0.05) is 65.9 Å². The van der Waals surface area contributed by atoms with Crippen molar-refractivity contribution in [2.45, 2.75) is 19.0 Å². The molecule has 3 aromatic carbocycles. The van der Waals surface area contributed by atoms with Gasteiger partial charge in [-0.2, -0.15) is 0 Å². The molecule has 1 atom stereocenters. The number of piperazine rings is 1. The lowest BCUT2D eigenvalue weighted by molar-refractivity contribution is 0.200. The van der Waals surface area contributed by atoms with E-state index in [1.165, 1.54) is 15.8 Å². The molecule has 8 nitrogen and oxygen atoms in total. The van der Waals surface area contributed by atoms with Crippen molar-refractivity contribution in [1.82, 2.24) is 35.1 Å². The fourth-order valence-corrected chi connectivity index (χ4v) is 6.42. The quantitative estimate of drug-likeness (QED) is 0.287. The average molecular weight is 533 g/mol. The number of pyridine rings is 1. The normalized spacial score (nSPS) is 15.2. The molecule has 194 valence electrons. The van der Waals surface area contributed by atoms with Crippen LogP contribution in [0.3, 0.4) is 0 Å². The minimum atomic E-state index is -0.0575. The zero-order chi connectivity index (χ0) is 26.0. The lowest BCUT2D eigenvalue weighted by Gasteiger charge is -2.38. The summed E-state index contributed by atoms with van der Waals surface area (Å²) >= 11 is 1.77. The molecule has 39 heavy (non-hydrogen) atoms. The first-order chi connectivity index (χ1) is 19.3. The number of para-hydroxylation sites is 1. The third-order valence-electron chi connectivity index (χ3n) is 7.43. The van der Waals surface area contributed by atoms with Crippen molar-refractivity contribution >= 4 is 37.6 Å². The second-order valence-corrected chi connectivity index (χ2v) is 10.9. The minimum absolute atomic E-state index is 0.0575. The van der Waals surface area contributed by atoms with Crippen molar-refractivity contribution < 1.29 is 0 Å². The van der Waals surface area contributed by atoms with Crippen LogP contribution in [-0.2, 0) is 13.0 Å². The Morgan fingerprint density at radius 3 is 2.54 bits per heavy atom. The van der Waals surface area contributed by atoms with Crippen molar-refractivity contribution in [3.05, 3.63) is 108 Å². The van der Waals surface area contributed by atoms with E-state index >= 15 is 0 Å². The van der Waals surface area contributed by atoms with Crippen molar-refractivity contribution in [3.8, 4) is 0 Å². The van der Waals surface area contributed by atoms with E-state index < -0.39 is 0 Å². The highest BCUT2D eigenvalue weighted by atomic mass is 32.1. The van der Waals surface area contributed by atoms with Crippen LogP contribution in [0, 0.1) is 0 Å². The van der Waals surface area contributed by atoms with E-state index in [-0.39, 0.29) is 6.04 Å². The van der Waals surface area contributed by atoms with Crippen LogP contribution in [0.1, 0.15) is 23.0 Å². The molecule has 0 N–H and O–H groups in total. The molecule has 1 saturated heterocycles. The SMILES string of the molecule is c1ccc(CCn2nnnc2C(c2ccc3ncccc3c2)N2CCN(c3nc4ccccc4s3)CC2)cc1. The monoisotopic (exact) mass is 532 g/mol. The van der Waals surface area contributed by atoms with Crippen molar-refractivity contribution in [2.24, 2.45) is 0 Å². The van der Waals surface area contributed by atoms with Gasteiger partial charge >= 0.3 is 0 Å². The molecule has 0 saturated carbocycles. The van der Waals surface area contributed by atoms with Gasteiger partial charge in [0.1, 0.15) is 0 Å². The van der Waals surface area contributed by atoms with Crippen LogP contribution in [0.5, 0.6) is 0 Å². The molecule has 0 amide bonds. The Labute approximate surface area is 230 Å². The van der Waals surface area contributed by atoms with Crippen LogP contribution in [-0.4, -0.2) is 61.3 Å². The molecule has 0 bridgehead atoms. The summed E-state index contributed by atoms with van der Waals surface area (Å²) in [6.07, 6.45) is 2.71. The number of thiazole rings is 1. The molecule has 1 fully saturated rings. The number of tetrazole rings is 1. The number of aryl methyl sites for hydroxylation is 2. The van der Waals surface area contributed by atoms with Gasteiger partial charge in [-0.3, -0.25) is 9.88 Å². The smallest absolute Gasteiger partial charge is 0.186 e. The third kappa shape index (κ3) is 4.86. The highest BCUT2D eigenvalue weighted by molar-refractivity contribution is 7.22. The first kappa shape index (κ1) is 23.9. The molecule has 3 aromatic heterocycles. The minimum Gasteiger partial charge on any atom is -0.345 e. The number of hydrogen-bond donors (Lipinski definition) is 0. The van der Waals surface area contributed by atoms with Gasteiger partial charge in [0.2, 0.25) is 0 Å². The van der Waals surface area contributed by atoms with Crippen molar-refractivity contribution in [1.29, 1.82) is 0 Å². The molecule has 4 heterocycles. The van der Waals surface area contributed by atoms with Crippen LogP contribution >= 0.6 is 11.3 Å². The molecule has 6 aromatic rings. The summed E-state index contributed by atoms with van der Waals surface area (Å²) in [5.41, 5.74) is 4.51. The van der Waals surface area contributed by atoms with Crippen LogP contribution in [0.2, 0.25) is 0 Å². The fourth-order valence-electron chi connectivity index (χ4n) is 5.40. The summed E-state index contributed by atoms with van der Waals surface area (Å²) in [6.45, 7) is 4.30. The summed E-state index contributed by atoms with van der Waals surface area (Å²) in [4.78, 5) is 14.3. The third-order valence-corrected chi connectivity index (χ3v) is 8.53. The maximum absolute atomic E-state index is 4.90. The average Bonchev–Trinajstić information content (AvgIpc) is 3.64. The summed E-state index contributed by atoms with van der Waals surface area (Å²) in [5.74, 6) is 0.877. The maximum Gasteiger partial charge on any atom is 0.186 e. The Morgan fingerprint density at radius 1 is 0.821 bits per heavy atom. The lowest BCUT2D eigenvalue weighted by atomic mass is 10.0. The number of nitrogens with zero attached hydrogens (tertiary/aromatic N) is 8. The van der Waals surface area contributed by atoms with E-state index in [4.69, 9.17) is 4.98 Å². The van der Waals surface area contributed by atoms with E-state index in [9.17, 15) is 0 Å². The van der Waals surface area contributed by atoms with Crippen molar-refractivity contribution in [2.75, 3.05) is 31.1 Å². The molecule has 0 radical (unpaired) electrons. The van der Waals surface area contributed by atoms with E-state index in [1.807, 2.05) is 23.0 Å². The fraction of sp³-hybridized carbons (Fsp3) is 0.233. The van der Waals surface area contributed by atoms with Gasteiger partial charge in [0.25, 0.3) is 0 Å². The van der Waals surface area contributed by atoms with Gasteiger partial charge in [-0.15, -0.1) is 5.10 Å². The predicted molar refractivity (Wildman–Crippen MR) is 155 cm³/mol. The highest BCUT2D eigenvalue weighted by Gasteiger charge is 2.31. The number of fused-ring (bicyclic) bond motifs is 2. The van der Waals surface area contributed by atoms with Crippen LogP contribution in [0.4, 0.5) is 5.13 Å². The molecular weight excluding hydrogens is 504 g/mol. The number of hydrogen-bond acceptors (Lipinski definition) is 8. The number of anilines is 1. The molecule has 0 aliphatic carbocycles. The molecule has 0 spiro atoms.